The van der Waals surface area contributed by atoms with E-state index in [-0.39, 0.29) is 10.9 Å². The molecular weight excluding hydrogens is 348 g/mol. The highest BCUT2D eigenvalue weighted by atomic mass is 35.5. The van der Waals surface area contributed by atoms with Crippen molar-refractivity contribution in [1.29, 1.82) is 0 Å². The summed E-state index contributed by atoms with van der Waals surface area (Å²) in [6, 6.07) is 6.12. The van der Waals surface area contributed by atoms with Crippen molar-refractivity contribution in [2.75, 3.05) is 0 Å². The maximum absolute atomic E-state index is 12.5. The van der Waals surface area contributed by atoms with Crippen LogP contribution in [0.3, 0.4) is 0 Å². The number of hydrogen-bond acceptors (Lipinski definition) is 4. The number of halogens is 1. The highest BCUT2D eigenvalue weighted by Gasteiger charge is 2.26. The highest BCUT2D eigenvalue weighted by Crippen LogP contribution is 2.27. The molecule has 0 aliphatic heterocycles. The van der Waals surface area contributed by atoms with E-state index in [2.05, 4.69) is 19.9 Å². The molecule has 8 heteroatoms. The van der Waals surface area contributed by atoms with Gasteiger partial charge >= 0.3 is 0 Å². The van der Waals surface area contributed by atoms with Gasteiger partial charge in [-0.05, 0) is 48.6 Å². The van der Waals surface area contributed by atoms with Crippen molar-refractivity contribution in [2.24, 2.45) is 0 Å². The number of fused-ring (bicyclic) bond motifs is 3. The van der Waals surface area contributed by atoms with Crippen molar-refractivity contribution in [3.63, 3.8) is 0 Å². The molecule has 0 saturated heterocycles. The lowest BCUT2D eigenvalue weighted by molar-refractivity contribution is 0.508. The number of benzene rings is 1. The molecule has 0 radical (unpaired) electrons. The molecule has 1 atom stereocenters. The van der Waals surface area contributed by atoms with Crippen LogP contribution in [0, 0.1) is 0 Å². The maximum Gasteiger partial charge on any atom is 0.240 e. The Labute approximate surface area is 144 Å². The Morgan fingerprint density at radius 2 is 2.17 bits per heavy atom. The Hall–Kier alpha value is -1.96. The Morgan fingerprint density at radius 3 is 3.00 bits per heavy atom. The summed E-state index contributed by atoms with van der Waals surface area (Å²) >= 11 is 5.90. The first-order chi connectivity index (χ1) is 11.5. The molecule has 2 heterocycles. The van der Waals surface area contributed by atoms with Crippen molar-refractivity contribution in [1.82, 2.24) is 19.9 Å². The molecule has 1 aliphatic rings. The number of nitrogens with one attached hydrogen (secondary N) is 2. The van der Waals surface area contributed by atoms with Crippen molar-refractivity contribution in [3.05, 3.63) is 52.8 Å². The Kier molecular flexibility index (Phi) is 3.79. The van der Waals surface area contributed by atoms with Gasteiger partial charge < -0.3 is 0 Å². The van der Waals surface area contributed by atoms with Crippen LogP contribution >= 0.6 is 11.6 Å². The molecule has 2 aromatic heterocycles. The first kappa shape index (κ1) is 15.6. The number of H-pyrrole nitrogens is 1. The highest BCUT2D eigenvalue weighted by molar-refractivity contribution is 7.89. The summed E-state index contributed by atoms with van der Waals surface area (Å²) in [6.45, 7) is 0. The van der Waals surface area contributed by atoms with Gasteiger partial charge in [0.15, 0.2) is 5.65 Å². The quantitative estimate of drug-likeness (QED) is 0.749. The van der Waals surface area contributed by atoms with E-state index in [1.165, 1.54) is 11.6 Å². The first-order valence-electron chi connectivity index (χ1n) is 7.61. The summed E-state index contributed by atoms with van der Waals surface area (Å²) in [7, 11) is -3.59. The maximum atomic E-state index is 12.5. The zero-order chi connectivity index (χ0) is 16.7. The number of pyridine rings is 1. The molecule has 24 heavy (non-hydrogen) atoms. The molecular formula is C16H15ClN4O2S. The fourth-order valence-electron chi connectivity index (χ4n) is 3.17. The second-order valence-corrected chi connectivity index (χ2v) is 8.06. The van der Waals surface area contributed by atoms with Gasteiger partial charge in [0.1, 0.15) is 0 Å². The summed E-state index contributed by atoms with van der Waals surface area (Å²) in [5, 5.41) is 8.30. The Bertz CT molecular complexity index is 1020. The van der Waals surface area contributed by atoms with Crippen LogP contribution in [0.2, 0.25) is 5.02 Å². The summed E-state index contributed by atoms with van der Waals surface area (Å²) in [5.41, 5.74) is 3.03. The molecule has 0 spiro atoms. The van der Waals surface area contributed by atoms with Crippen LogP contribution < -0.4 is 4.72 Å². The molecule has 0 fully saturated rings. The molecule has 6 nitrogen and oxygen atoms in total. The van der Waals surface area contributed by atoms with E-state index in [1.807, 2.05) is 0 Å². The van der Waals surface area contributed by atoms with Gasteiger partial charge in [-0.2, -0.15) is 5.10 Å². The minimum atomic E-state index is -3.59. The van der Waals surface area contributed by atoms with E-state index in [4.69, 9.17) is 11.6 Å². The fraction of sp³-hybridized carbons (Fsp3) is 0.250. The SMILES string of the molecule is O=S(=O)(NC1CCc2c(cnc3[nH]ncc23)C1)c1cccc(Cl)c1. The van der Waals surface area contributed by atoms with Gasteiger partial charge in [-0.25, -0.2) is 18.1 Å². The van der Waals surface area contributed by atoms with Gasteiger partial charge in [0.2, 0.25) is 10.0 Å². The molecule has 1 aromatic carbocycles. The van der Waals surface area contributed by atoms with Crippen LogP contribution in [0.4, 0.5) is 0 Å². The van der Waals surface area contributed by atoms with Crippen LogP contribution in [-0.4, -0.2) is 29.6 Å². The summed E-state index contributed by atoms with van der Waals surface area (Å²) in [4.78, 5) is 4.53. The Balaban J connectivity index is 1.59. The minimum absolute atomic E-state index is 0.160. The minimum Gasteiger partial charge on any atom is -0.261 e. The number of nitrogens with zero attached hydrogens (tertiary/aromatic N) is 2. The van der Waals surface area contributed by atoms with E-state index < -0.39 is 10.0 Å². The van der Waals surface area contributed by atoms with Gasteiger partial charge in [-0.3, -0.25) is 5.10 Å². The molecule has 0 bridgehead atoms. The lowest BCUT2D eigenvalue weighted by Gasteiger charge is -2.25. The topological polar surface area (TPSA) is 87.7 Å². The van der Waals surface area contributed by atoms with Crippen LogP contribution in [0.1, 0.15) is 17.5 Å². The largest absolute Gasteiger partial charge is 0.261 e. The number of rotatable bonds is 3. The third kappa shape index (κ3) is 2.79. The molecule has 2 N–H and O–H groups in total. The summed E-state index contributed by atoms with van der Waals surface area (Å²) in [5.74, 6) is 0. The molecule has 124 valence electrons. The standard InChI is InChI=1S/C16H15ClN4O2S/c17-11-2-1-3-13(7-11)24(22,23)21-12-4-5-14-10(6-12)8-18-16-15(14)9-19-20-16/h1-3,7-9,12,21H,4-6H2,(H,18,19,20). The van der Waals surface area contributed by atoms with Gasteiger partial charge in [-0.1, -0.05) is 17.7 Å². The molecule has 0 amide bonds. The van der Waals surface area contributed by atoms with Gasteiger partial charge in [0, 0.05) is 22.6 Å². The number of sulfonamides is 1. The Morgan fingerprint density at radius 1 is 1.29 bits per heavy atom. The average molecular weight is 363 g/mol. The summed E-state index contributed by atoms with van der Waals surface area (Å²) < 4.78 is 27.9. The normalized spacial score (nSPS) is 17.8. The van der Waals surface area contributed by atoms with Crippen LogP contribution in [-0.2, 0) is 22.9 Å². The van der Waals surface area contributed by atoms with E-state index in [0.29, 0.717) is 11.4 Å². The van der Waals surface area contributed by atoms with Crippen molar-refractivity contribution >= 4 is 32.7 Å². The molecule has 4 rings (SSSR count). The van der Waals surface area contributed by atoms with Gasteiger partial charge in [-0.15, -0.1) is 0 Å². The zero-order valence-electron chi connectivity index (χ0n) is 12.7. The second-order valence-electron chi connectivity index (χ2n) is 5.91. The number of aromatic amines is 1. The summed E-state index contributed by atoms with van der Waals surface area (Å²) in [6.07, 6.45) is 5.71. The second kappa shape index (κ2) is 5.84. The lowest BCUT2D eigenvalue weighted by Crippen LogP contribution is -2.38. The van der Waals surface area contributed by atoms with E-state index in [9.17, 15) is 8.42 Å². The van der Waals surface area contributed by atoms with E-state index in [0.717, 1.165) is 29.4 Å². The third-order valence-electron chi connectivity index (χ3n) is 4.32. The van der Waals surface area contributed by atoms with Gasteiger partial charge in [0.05, 0.1) is 11.1 Å². The zero-order valence-corrected chi connectivity index (χ0v) is 14.2. The number of aryl methyl sites for hydroxylation is 1. The number of aromatic nitrogens is 3. The number of hydrogen-bond donors (Lipinski definition) is 2. The van der Waals surface area contributed by atoms with Gasteiger partial charge in [0.25, 0.3) is 0 Å². The fourth-order valence-corrected chi connectivity index (χ4v) is 4.74. The van der Waals surface area contributed by atoms with E-state index >= 15 is 0 Å². The molecule has 1 aliphatic carbocycles. The average Bonchev–Trinajstić information content (AvgIpc) is 3.03. The monoisotopic (exact) mass is 362 g/mol. The van der Waals surface area contributed by atoms with Crippen molar-refractivity contribution < 1.29 is 8.42 Å². The van der Waals surface area contributed by atoms with E-state index in [1.54, 1.807) is 30.6 Å². The van der Waals surface area contributed by atoms with Crippen molar-refractivity contribution in [2.45, 2.75) is 30.2 Å². The third-order valence-corrected chi connectivity index (χ3v) is 6.07. The predicted molar refractivity (Wildman–Crippen MR) is 91.5 cm³/mol. The molecule has 1 unspecified atom stereocenters. The van der Waals surface area contributed by atoms with Crippen LogP contribution in [0.5, 0.6) is 0 Å². The predicted octanol–water partition coefficient (Wildman–Crippen LogP) is 2.45. The van der Waals surface area contributed by atoms with Crippen LogP contribution in [0.25, 0.3) is 11.0 Å². The molecule has 3 aromatic rings. The van der Waals surface area contributed by atoms with Crippen molar-refractivity contribution in [3.8, 4) is 0 Å². The smallest absolute Gasteiger partial charge is 0.240 e. The van der Waals surface area contributed by atoms with Crippen LogP contribution in [0.15, 0.2) is 41.6 Å². The lowest BCUT2D eigenvalue weighted by atomic mass is 9.88. The molecule has 0 saturated carbocycles. The first-order valence-corrected chi connectivity index (χ1v) is 9.47.